The van der Waals surface area contributed by atoms with Crippen molar-refractivity contribution in [2.24, 2.45) is 10.9 Å². The molecule has 0 spiro atoms. The van der Waals surface area contributed by atoms with Gasteiger partial charge in [-0.3, -0.25) is 19.5 Å². The largest absolute Gasteiger partial charge is 0.328 e. The maximum Gasteiger partial charge on any atom is 0.328 e. The number of anilines is 1. The van der Waals surface area contributed by atoms with Gasteiger partial charge in [-0.05, 0) is 51.7 Å². The Kier molecular flexibility index (Phi) is 4.87. The topological polar surface area (TPSA) is 59.5 Å². The van der Waals surface area contributed by atoms with E-state index in [4.69, 9.17) is 4.99 Å². The Bertz CT molecular complexity index is 980. The molecule has 2 atom stereocenters. The number of urea groups is 1. The van der Waals surface area contributed by atoms with Crippen molar-refractivity contribution < 1.29 is 9.59 Å². The summed E-state index contributed by atoms with van der Waals surface area (Å²) in [7, 11) is 1.74. The molecule has 30 heavy (non-hydrogen) atoms. The molecule has 0 saturated carbocycles. The number of carbonyl (C=O) groups excluding carboxylic acids is 2. The van der Waals surface area contributed by atoms with Gasteiger partial charge in [-0.2, -0.15) is 0 Å². The number of benzene rings is 1. The molecule has 7 nitrogen and oxygen atoms in total. The van der Waals surface area contributed by atoms with Crippen LogP contribution in [0.25, 0.3) is 0 Å². The van der Waals surface area contributed by atoms with Gasteiger partial charge in [-0.1, -0.05) is 31.5 Å². The summed E-state index contributed by atoms with van der Waals surface area (Å²) in [5.41, 5.74) is 5.46. The lowest BCUT2D eigenvalue weighted by Gasteiger charge is -2.41. The zero-order valence-corrected chi connectivity index (χ0v) is 18.9. The summed E-state index contributed by atoms with van der Waals surface area (Å²) in [6.45, 7) is 12.9. The monoisotopic (exact) mass is 409 g/mol. The van der Waals surface area contributed by atoms with E-state index in [2.05, 4.69) is 57.7 Å². The molecule has 1 aromatic rings. The van der Waals surface area contributed by atoms with Crippen molar-refractivity contribution in [1.82, 2.24) is 14.7 Å². The van der Waals surface area contributed by atoms with E-state index < -0.39 is 12.2 Å². The molecule has 160 valence electrons. The Morgan fingerprint density at radius 2 is 1.77 bits per heavy atom. The van der Waals surface area contributed by atoms with Gasteiger partial charge in [0.1, 0.15) is 0 Å². The third-order valence-corrected chi connectivity index (χ3v) is 6.42. The molecule has 7 heteroatoms. The van der Waals surface area contributed by atoms with Gasteiger partial charge in [-0.25, -0.2) is 9.79 Å². The fourth-order valence-electron chi connectivity index (χ4n) is 4.55. The van der Waals surface area contributed by atoms with Crippen LogP contribution in [0, 0.1) is 19.8 Å². The van der Waals surface area contributed by atoms with Gasteiger partial charge in [-0.15, -0.1) is 0 Å². The standard InChI is InChI=1S/C23H31N5O2/c1-13(2)10-11-26-21(29)19-20(25(7)23(26)30)24-22-27(16(5)17(6)28(19)22)18-9-8-14(3)12-15(18)4/h8-9,12-13,19-20H,10-11H2,1-7H3. The first-order valence-corrected chi connectivity index (χ1v) is 10.6. The van der Waals surface area contributed by atoms with Crippen molar-refractivity contribution in [1.29, 1.82) is 0 Å². The lowest BCUT2D eigenvalue weighted by molar-refractivity contribution is -0.137. The molecule has 2 unspecified atom stereocenters. The summed E-state index contributed by atoms with van der Waals surface area (Å²) in [6.07, 6.45) is 0.283. The number of rotatable bonds is 4. The van der Waals surface area contributed by atoms with Gasteiger partial charge in [0.2, 0.25) is 5.96 Å². The lowest BCUT2D eigenvalue weighted by atomic mass is 10.1. The Morgan fingerprint density at radius 1 is 1.07 bits per heavy atom. The van der Waals surface area contributed by atoms with E-state index >= 15 is 0 Å². The molecule has 1 fully saturated rings. The van der Waals surface area contributed by atoms with Crippen molar-refractivity contribution in [3.05, 3.63) is 40.7 Å². The van der Waals surface area contributed by atoms with E-state index in [0.717, 1.165) is 35.0 Å². The molecule has 0 radical (unpaired) electrons. The Labute approximate surface area is 178 Å². The fourth-order valence-corrected chi connectivity index (χ4v) is 4.55. The Hall–Kier alpha value is -2.83. The van der Waals surface area contributed by atoms with Crippen LogP contribution in [-0.4, -0.2) is 58.4 Å². The number of amides is 3. The van der Waals surface area contributed by atoms with E-state index in [1.807, 2.05) is 11.8 Å². The molecule has 0 N–H and O–H groups in total. The molecule has 1 saturated heterocycles. The lowest BCUT2D eigenvalue weighted by Crippen LogP contribution is -2.64. The van der Waals surface area contributed by atoms with Gasteiger partial charge in [0.15, 0.2) is 12.2 Å². The molecule has 0 aliphatic carbocycles. The zero-order valence-electron chi connectivity index (χ0n) is 18.9. The first kappa shape index (κ1) is 20.4. The van der Waals surface area contributed by atoms with E-state index in [9.17, 15) is 9.59 Å². The predicted molar refractivity (Wildman–Crippen MR) is 118 cm³/mol. The molecule has 3 heterocycles. The number of aliphatic imine (C=N–C) groups is 1. The maximum absolute atomic E-state index is 13.4. The summed E-state index contributed by atoms with van der Waals surface area (Å²) in [5.74, 6) is 0.988. The summed E-state index contributed by atoms with van der Waals surface area (Å²) in [4.78, 5) is 38.4. The molecule has 3 amide bonds. The van der Waals surface area contributed by atoms with Crippen LogP contribution in [0.5, 0.6) is 0 Å². The highest BCUT2D eigenvalue weighted by atomic mass is 16.2. The van der Waals surface area contributed by atoms with Gasteiger partial charge >= 0.3 is 6.03 Å². The van der Waals surface area contributed by atoms with Gasteiger partial charge in [0, 0.05) is 25.0 Å². The van der Waals surface area contributed by atoms with E-state index in [-0.39, 0.29) is 11.9 Å². The number of carbonyl (C=O) groups is 2. The Balaban J connectivity index is 1.73. The van der Waals surface area contributed by atoms with Crippen LogP contribution in [0.1, 0.15) is 45.2 Å². The van der Waals surface area contributed by atoms with Crippen molar-refractivity contribution in [2.75, 3.05) is 18.5 Å². The van der Waals surface area contributed by atoms with Crippen LogP contribution >= 0.6 is 0 Å². The number of allylic oxidation sites excluding steroid dienone is 2. The highest BCUT2D eigenvalue weighted by molar-refractivity contribution is 6.10. The average Bonchev–Trinajstić information content (AvgIpc) is 3.17. The number of fused-ring (bicyclic) bond motifs is 3. The van der Waals surface area contributed by atoms with Crippen LogP contribution < -0.4 is 4.90 Å². The summed E-state index contributed by atoms with van der Waals surface area (Å²) >= 11 is 0. The second-order valence-electron chi connectivity index (χ2n) is 9.02. The van der Waals surface area contributed by atoms with E-state index in [0.29, 0.717) is 12.5 Å². The van der Waals surface area contributed by atoms with E-state index in [1.54, 1.807) is 11.9 Å². The highest BCUT2D eigenvalue weighted by Crippen LogP contribution is 2.40. The predicted octanol–water partition coefficient (Wildman–Crippen LogP) is 3.68. The van der Waals surface area contributed by atoms with Gasteiger partial charge in [0.05, 0.1) is 5.69 Å². The zero-order chi connectivity index (χ0) is 21.9. The second-order valence-corrected chi connectivity index (χ2v) is 9.02. The smallest absolute Gasteiger partial charge is 0.302 e. The minimum atomic E-state index is -0.513. The number of aryl methyl sites for hydroxylation is 2. The van der Waals surface area contributed by atoms with Crippen molar-refractivity contribution in [2.45, 2.75) is 60.2 Å². The maximum atomic E-state index is 13.4. The first-order valence-electron chi connectivity index (χ1n) is 10.6. The SMILES string of the molecule is CC1=C(C)N2C(=NC3C2C(=O)N(CCC(C)C)C(=O)N3C)N1c1ccc(C)cc1C. The van der Waals surface area contributed by atoms with Crippen molar-refractivity contribution >= 4 is 23.6 Å². The average molecular weight is 410 g/mol. The number of imide groups is 1. The fraction of sp³-hybridized carbons (Fsp3) is 0.522. The molecular weight excluding hydrogens is 378 g/mol. The first-order chi connectivity index (χ1) is 14.1. The third kappa shape index (κ3) is 2.90. The molecule has 0 aromatic heterocycles. The molecule has 0 bridgehead atoms. The van der Waals surface area contributed by atoms with Crippen molar-refractivity contribution in [3.63, 3.8) is 0 Å². The normalized spacial score (nSPS) is 23.7. The molecule has 4 rings (SSSR count). The summed E-state index contributed by atoms with van der Waals surface area (Å²) in [5, 5.41) is 0. The number of likely N-dealkylation sites (N-methyl/N-ethyl adjacent to an activating group) is 1. The number of hydrogen-bond acceptors (Lipinski definition) is 5. The van der Waals surface area contributed by atoms with Crippen LogP contribution in [0.3, 0.4) is 0 Å². The molecule has 3 aliphatic heterocycles. The highest BCUT2D eigenvalue weighted by Gasteiger charge is 2.55. The van der Waals surface area contributed by atoms with Crippen molar-refractivity contribution in [3.8, 4) is 0 Å². The minimum absolute atomic E-state index is 0.155. The molecule has 1 aromatic carbocycles. The number of nitrogens with zero attached hydrogens (tertiary/aromatic N) is 5. The van der Waals surface area contributed by atoms with Crippen LogP contribution in [0.15, 0.2) is 34.6 Å². The summed E-state index contributed by atoms with van der Waals surface area (Å²) < 4.78 is 0. The third-order valence-electron chi connectivity index (χ3n) is 6.42. The van der Waals surface area contributed by atoms with Crippen LogP contribution in [-0.2, 0) is 4.79 Å². The summed E-state index contributed by atoms with van der Waals surface area (Å²) in [6, 6.07) is 5.56. The van der Waals surface area contributed by atoms with E-state index in [1.165, 1.54) is 10.5 Å². The van der Waals surface area contributed by atoms with Gasteiger partial charge in [0.25, 0.3) is 5.91 Å². The Morgan fingerprint density at radius 3 is 2.40 bits per heavy atom. The number of guanidine groups is 1. The molecular formula is C23H31N5O2. The minimum Gasteiger partial charge on any atom is -0.302 e. The second kappa shape index (κ2) is 7.15. The quantitative estimate of drug-likeness (QED) is 0.761. The van der Waals surface area contributed by atoms with Crippen LogP contribution in [0.4, 0.5) is 10.5 Å². The number of hydrogen-bond donors (Lipinski definition) is 0. The van der Waals surface area contributed by atoms with Gasteiger partial charge < -0.3 is 4.90 Å². The van der Waals surface area contributed by atoms with Crippen LogP contribution in [0.2, 0.25) is 0 Å². The molecule has 3 aliphatic rings.